The molecule has 1 aromatic heterocycles. The molecule has 2 heterocycles. The lowest BCUT2D eigenvalue weighted by molar-refractivity contribution is 0.0758. The molecule has 0 amide bonds. The van der Waals surface area contributed by atoms with Crippen LogP contribution in [0.25, 0.3) is 10.9 Å². The summed E-state index contributed by atoms with van der Waals surface area (Å²) in [5.41, 5.74) is 1.01. The number of rotatable bonds is 6. The zero-order chi connectivity index (χ0) is 19.7. The number of likely N-dealkylation sites (tertiary alicyclic amines) is 1. The SMILES string of the molecule is COc1cc2ncnc(Nc3ccc(Br)cc3F)c2cc1OC[C@H]1CCN1C. The third-order valence-electron chi connectivity index (χ3n) is 4.97. The van der Waals surface area contributed by atoms with E-state index in [9.17, 15) is 4.39 Å². The third kappa shape index (κ3) is 3.74. The summed E-state index contributed by atoms with van der Waals surface area (Å²) in [7, 11) is 3.68. The largest absolute Gasteiger partial charge is 0.493 e. The standard InChI is InChI=1S/C20H20BrFN4O2/c1-26-6-5-13(26)10-28-19-8-14-17(9-18(19)27-2)23-11-24-20(14)25-16-4-3-12(21)7-15(16)22/h3-4,7-9,11,13H,5-6,10H2,1-2H3,(H,23,24,25)/t13-/m1/s1. The lowest BCUT2D eigenvalue weighted by Crippen LogP contribution is -2.48. The van der Waals surface area contributed by atoms with Gasteiger partial charge in [0.2, 0.25) is 0 Å². The van der Waals surface area contributed by atoms with Gasteiger partial charge in [-0.15, -0.1) is 0 Å². The van der Waals surface area contributed by atoms with Gasteiger partial charge in [-0.1, -0.05) is 15.9 Å². The molecule has 0 spiro atoms. The van der Waals surface area contributed by atoms with Crippen LogP contribution in [0.1, 0.15) is 6.42 Å². The first-order chi connectivity index (χ1) is 13.5. The molecular weight excluding hydrogens is 427 g/mol. The van der Waals surface area contributed by atoms with Crippen molar-refractivity contribution in [1.29, 1.82) is 0 Å². The van der Waals surface area contributed by atoms with Crippen LogP contribution in [0.2, 0.25) is 0 Å². The average molecular weight is 447 g/mol. The summed E-state index contributed by atoms with van der Waals surface area (Å²) in [6, 6.07) is 8.87. The summed E-state index contributed by atoms with van der Waals surface area (Å²) in [6.45, 7) is 1.67. The second-order valence-electron chi connectivity index (χ2n) is 6.73. The topological polar surface area (TPSA) is 59.5 Å². The van der Waals surface area contributed by atoms with Crippen molar-refractivity contribution >= 4 is 38.3 Å². The maximum atomic E-state index is 14.2. The van der Waals surface area contributed by atoms with Gasteiger partial charge in [-0.3, -0.25) is 4.90 Å². The molecule has 2 aromatic carbocycles. The van der Waals surface area contributed by atoms with E-state index < -0.39 is 0 Å². The van der Waals surface area contributed by atoms with E-state index in [1.54, 1.807) is 25.3 Å². The molecule has 0 bridgehead atoms. The van der Waals surface area contributed by atoms with Crippen LogP contribution in [0.3, 0.4) is 0 Å². The Hall–Kier alpha value is -2.45. The van der Waals surface area contributed by atoms with E-state index >= 15 is 0 Å². The van der Waals surface area contributed by atoms with E-state index in [0.29, 0.717) is 45.6 Å². The first-order valence-corrected chi connectivity index (χ1v) is 9.72. The Kier molecular flexibility index (Phi) is 5.32. The van der Waals surface area contributed by atoms with Gasteiger partial charge >= 0.3 is 0 Å². The van der Waals surface area contributed by atoms with E-state index in [1.165, 1.54) is 12.4 Å². The van der Waals surface area contributed by atoms with Gasteiger partial charge in [0.25, 0.3) is 0 Å². The highest BCUT2D eigenvalue weighted by Crippen LogP contribution is 2.35. The second-order valence-corrected chi connectivity index (χ2v) is 7.64. The zero-order valence-corrected chi connectivity index (χ0v) is 17.2. The first-order valence-electron chi connectivity index (χ1n) is 8.93. The lowest BCUT2D eigenvalue weighted by atomic mass is 10.1. The highest BCUT2D eigenvalue weighted by molar-refractivity contribution is 9.10. The summed E-state index contributed by atoms with van der Waals surface area (Å²) in [6.07, 6.45) is 2.55. The van der Waals surface area contributed by atoms with Crippen molar-refractivity contribution in [2.24, 2.45) is 0 Å². The minimum atomic E-state index is -0.376. The molecule has 28 heavy (non-hydrogen) atoms. The van der Waals surface area contributed by atoms with Crippen LogP contribution in [-0.2, 0) is 0 Å². The number of halogens is 2. The molecule has 1 fully saturated rings. The lowest BCUT2D eigenvalue weighted by Gasteiger charge is -2.37. The van der Waals surface area contributed by atoms with Crippen molar-refractivity contribution in [3.05, 3.63) is 46.9 Å². The molecule has 4 rings (SSSR count). The van der Waals surface area contributed by atoms with Gasteiger partial charge in [0, 0.05) is 22.0 Å². The number of ether oxygens (including phenoxy) is 2. The quantitative estimate of drug-likeness (QED) is 0.606. The molecule has 8 heteroatoms. The molecule has 1 aliphatic rings. The fourth-order valence-electron chi connectivity index (χ4n) is 3.12. The van der Waals surface area contributed by atoms with E-state index in [-0.39, 0.29) is 5.82 Å². The van der Waals surface area contributed by atoms with Crippen molar-refractivity contribution in [1.82, 2.24) is 14.9 Å². The van der Waals surface area contributed by atoms with Crippen LogP contribution in [-0.4, -0.2) is 48.2 Å². The molecule has 0 aliphatic carbocycles. The van der Waals surface area contributed by atoms with Gasteiger partial charge in [0.1, 0.15) is 24.6 Å². The minimum absolute atomic E-state index is 0.331. The van der Waals surface area contributed by atoms with Crippen LogP contribution < -0.4 is 14.8 Å². The molecule has 1 aliphatic heterocycles. The zero-order valence-electron chi connectivity index (χ0n) is 15.6. The monoisotopic (exact) mass is 446 g/mol. The van der Waals surface area contributed by atoms with Crippen LogP contribution in [0.5, 0.6) is 11.5 Å². The molecule has 0 unspecified atom stereocenters. The number of benzene rings is 2. The first kappa shape index (κ1) is 18.9. The number of nitrogens with one attached hydrogen (secondary N) is 1. The van der Waals surface area contributed by atoms with E-state index in [2.05, 4.69) is 43.2 Å². The maximum Gasteiger partial charge on any atom is 0.162 e. The van der Waals surface area contributed by atoms with Crippen LogP contribution in [0.15, 0.2) is 41.1 Å². The number of fused-ring (bicyclic) bond motifs is 1. The summed E-state index contributed by atoms with van der Waals surface area (Å²) < 4.78 is 26.4. The van der Waals surface area contributed by atoms with Crippen molar-refractivity contribution in [3.8, 4) is 11.5 Å². The van der Waals surface area contributed by atoms with Gasteiger partial charge in [-0.2, -0.15) is 0 Å². The molecular formula is C20H20BrFN4O2. The fourth-order valence-corrected chi connectivity index (χ4v) is 3.45. The third-order valence-corrected chi connectivity index (χ3v) is 5.47. The smallest absolute Gasteiger partial charge is 0.162 e. The molecule has 3 aromatic rings. The number of hydrogen-bond donors (Lipinski definition) is 1. The van der Waals surface area contributed by atoms with Gasteiger partial charge in [0.15, 0.2) is 11.5 Å². The predicted molar refractivity (Wildman–Crippen MR) is 110 cm³/mol. The number of nitrogens with zero attached hydrogens (tertiary/aromatic N) is 3. The normalized spacial score (nSPS) is 16.6. The molecule has 1 atom stereocenters. The van der Waals surface area contributed by atoms with Gasteiger partial charge in [-0.25, -0.2) is 14.4 Å². The number of likely N-dealkylation sites (N-methyl/N-ethyl adjacent to an activating group) is 1. The Bertz CT molecular complexity index is 1020. The Morgan fingerprint density at radius 2 is 2.11 bits per heavy atom. The highest BCUT2D eigenvalue weighted by Gasteiger charge is 2.25. The molecule has 146 valence electrons. The molecule has 0 saturated carbocycles. The number of aromatic nitrogens is 2. The Balaban J connectivity index is 1.67. The van der Waals surface area contributed by atoms with Gasteiger partial charge in [-0.05, 0) is 44.3 Å². The molecule has 1 saturated heterocycles. The summed E-state index contributed by atoms with van der Waals surface area (Å²) in [4.78, 5) is 10.8. The minimum Gasteiger partial charge on any atom is -0.493 e. The summed E-state index contributed by atoms with van der Waals surface area (Å²) in [5, 5.41) is 3.77. The van der Waals surface area contributed by atoms with E-state index in [0.717, 1.165) is 18.4 Å². The molecule has 1 N–H and O–H groups in total. The number of anilines is 2. The Morgan fingerprint density at radius 1 is 1.25 bits per heavy atom. The van der Waals surface area contributed by atoms with Crippen molar-refractivity contribution < 1.29 is 13.9 Å². The fraction of sp³-hybridized carbons (Fsp3) is 0.300. The highest BCUT2D eigenvalue weighted by atomic mass is 79.9. The number of hydrogen-bond acceptors (Lipinski definition) is 6. The number of methoxy groups -OCH3 is 1. The van der Waals surface area contributed by atoms with Crippen LogP contribution in [0, 0.1) is 5.82 Å². The van der Waals surface area contributed by atoms with Gasteiger partial charge < -0.3 is 14.8 Å². The van der Waals surface area contributed by atoms with Crippen LogP contribution >= 0.6 is 15.9 Å². The summed E-state index contributed by atoms with van der Waals surface area (Å²) in [5.74, 6) is 1.34. The van der Waals surface area contributed by atoms with Gasteiger partial charge in [0.05, 0.1) is 18.3 Å². The van der Waals surface area contributed by atoms with Crippen molar-refractivity contribution in [2.75, 3.05) is 32.6 Å². The maximum absolute atomic E-state index is 14.2. The molecule has 6 nitrogen and oxygen atoms in total. The Morgan fingerprint density at radius 3 is 2.79 bits per heavy atom. The second kappa shape index (κ2) is 7.89. The molecule has 0 radical (unpaired) electrons. The van der Waals surface area contributed by atoms with Crippen molar-refractivity contribution in [3.63, 3.8) is 0 Å². The predicted octanol–water partition coefficient (Wildman–Crippen LogP) is 4.37. The van der Waals surface area contributed by atoms with Crippen LogP contribution in [0.4, 0.5) is 15.9 Å². The Labute approximate surface area is 170 Å². The van der Waals surface area contributed by atoms with E-state index in [1.807, 2.05) is 6.07 Å². The summed E-state index contributed by atoms with van der Waals surface area (Å²) >= 11 is 3.26. The van der Waals surface area contributed by atoms with Crippen molar-refractivity contribution in [2.45, 2.75) is 12.5 Å². The average Bonchev–Trinajstić information content (AvgIpc) is 2.68. The van der Waals surface area contributed by atoms with E-state index in [4.69, 9.17) is 9.47 Å².